The van der Waals surface area contributed by atoms with Crippen molar-refractivity contribution in [1.29, 1.82) is 0 Å². The number of hydrogen-bond donors (Lipinski definition) is 1. The van der Waals surface area contributed by atoms with Gasteiger partial charge in [-0.3, -0.25) is 4.79 Å². The van der Waals surface area contributed by atoms with E-state index >= 15 is 0 Å². The lowest BCUT2D eigenvalue weighted by atomic mass is 9.88. The first-order valence-corrected chi connectivity index (χ1v) is 13.2. The summed E-state index contributed by atoms with van der Waals surface area (Å²) in [6, 6.07) is 0.155. The molecular formula is C23H36F3N3O3S. The van der Waals surface area contributed by atoms with Gasteiger partial charge >= 0.3 is 6.18 Å². The fourth-order valence-corrected chi connectivity index (χ4v) is 5.26. The van der Waals surface area contributed by atoms with E-state index < -0.39 is 21.8 Å². The topological polar surface area (TPSA) is 69.7 Å². The Labute approximate surface area is 195 Å². The number of carbonyl (C=O) groups is 1. The summed E-state index contributed by atoms with van der Waals surface area (Å²) in [5.41, 5.74) is 0.264. The Morgan fingerprint density at radius 1 is 1.24 bits per heavy atom. The van der Waals surface area contributed by atoms with E-state index in [2.05, 4.69) is 31.0 Å². The van der Waals surface area contributed by atoms with Crippen LogP contribution in [0, 0.1) is 5.41 Å². The van der Waals surface area contributed by atoms with Crippen LogP contribution in [-0.2, 0) is 14.8 Å². The molecule has 188 valence electrons. The molecule has 0 radical (unpaired) electrons. The number of allylic oxidation sites excluding steroid dienone is 5. The van der Waals surface area contributed by atoms with Crippen molar-refractivity contribution in [2.24, 2.45) is 5.41 Å². The normalized spacial score (nSPS) is 19.7. The molecule has 33 heavy (non-hydrogen) atoms. The predicted molar refractivity (Wildman–Crippen MR) is 124 cm³/mol. The lowest BCUT2D eigenvalue weighted by molar-refractivity contribution is -0.119. The fourth-order valence-electron chi connectivity index (χ4n) is 4.38. The van der Waals surface area contributed by atoms with E-state index in [1.165, 1.54) is 10.6 Å². The average Bonchev–Trinajstić information content (AvgIpc) is 2.69. The lowest BCUT2D eigenvalue weighted by Crippen LogP contribution is -2.47. The molecule has 1 aliphatic carbocycles. The zero-order valence-electron chi connectivity index (χ0n) is 20.1. The minimum atomic E-state index is -4.43. The van der Waals surface area contributed by atoms with E-state index in [4.69, 9.17) is 0 Å². The molecule has 0 unspecified atom stereocenters. The van der Waals surface area contributed by atoms with Gasteiger partial charge in [0, 0.05) is 48.9 Å². The first-order valence-electron chi connectivity index (χ1n) is 11.3. The minimum absolute atomic E-state index is 0.0493. The molecule has 2 rings (SSSR count). The molecule has 0 saturated carbocycles. The van der Waals surface area contributed by atoms with Crippen LogP contribution < -0.4 is 5.32 Å². The SMILES string of the molecule is CCN(C(=CCC(=O)NC1=CC(C(F)(F)F)=CCC1)C(C)(C)C)C1CCN(S(C)(=O)=O)CC1. The van der Waals surface area contributed by atoms with Crippen molar-refractivity contribution in [3.05, 3.63) is 35.2 Å². The predicted octanol–water partition coefficient (Wildman–Crippen LogP) is 4.34. The van der Waals surface area contributed by atoms with Crippen LogP contribution in [0.3, 0.4) is 0 Å². The molecule has 0 spiro atoms. The number of nitrogens with one attached hydrogen (secondary N) is 1. The van der Waals surface area contributed by atoms with Crippen LogP contribution in [0.4, 0.5) is 13.2 Å². The highest BCUT2D eigenvalue weighted by Gasteiger charge is 2.34. The van der Waals surface area contributed by atoms with Gasteiger partial charge in [-0.2, -0.15) is 13.2 Å². The maximum absolute atomic E-state index is 13.0. The second-order valence-corrected chi connectivity index (χ2v) is 11.6. The number of rotatable bonds is 7. The zero-order valence-corrected chi connectivity index (χ0v) is 20.9. The molecule has 0 aromatic carbocycles. The highest BCUT2D eigenvalue weighted by Crippen LogP contribution is 2.33. The van der Waals surface area contributed by atoms with Gasteiger partial charge in [0.05, 0.1) is 11.8 Å². The molecular weight excluding hydrogens is 455 g/mol. The van der Waals surface area contributed by atoms with Crippen LogP contribution in [0.15, 0.2) is 35.2 Å². The van der Waals surface area contributed by atoms with Gasteiger partial charge in [0.15, 0.2) is 0 Å². The summed E-state index contributed by atoms with van der Waals surface area (Å²) in [5.74, 6) is -0.352. The van der Waals surface area contributed by atoms with Crippen molar-refractivity contribution in [2.75, 3.05) is 25.9 Å². The smallest absolute Gasteiger partial charge is 0.372 e. The van der Waals surface area contributed by atoms with Crippen molar-refractivity contribution in [3.63, 3.8) is 0 Å². The number of sulfonamides is 1. The summed E-state index contributed by atoms with van der Waals surface area (Å²) in [6.45, 7) is 9.81. The van der Waals surface area contributed by atoms with Crippen LogP contribution in [0.1, 0.15) is 59.8 Å². The summed E-state index contributed by atoms with van der Waals surface area (Å²) >= 11 is 0. The third-order valence-electron chi connectivity index (χ3n) is 5.97. The number of hydrogen-bond acceptors (Lipinski definition) is 4. The van der Waals surface area contributed by atoms with Gasteiger partial charge in [-0.1, -0.05) is 32.9 Å². The lowest BCUT2D eigenvalue weighted by Gasteiger charge is -2.43. The Balaban J connectivity index is 2.11. The minimum Gasteiger partial charge on any atom is -0.372 e. The van der Waals surface area contributed by atoms with Gasteiger partial charge in [-0.25, -0.2) is 12.7 Å². The standard InChI is InChI=1S/C23H36F3N3O3S/c1-6-29(19-12-14-28(15-13-19)33(5,31)32)20(22(2,3)4)10-11-21(30)27-18-9-7-8-17(16-18)23(24,25)26/h8,10,16,19H,6-7,9,11-15H2,1-5H3,(H,27,30). The van der Waals surface area contributed by atoms with E-state index in [0.717, 1.165) is 17.8 Å². The van der Waals surface area contributed by atoms with E-state index in [0.29, 0.717) is 38.9 Å². The number of halogens is 3. The molecule has 0 bridgehead atoms. The van der Waals surface area contributed by atoms with Crippen LogP contribution in [0.25, 0.3) is 0 Å². The van der Waals surface area contributed by atoms with Gasteiger partial charge in [0.2, 0.25) is 15.9 Å². The molecule has 1 amide bonds. The van der Waals surface area contributed by atoms with Crippen LogP contribution in [0.2, 0.25) is 0 Å². The molecule has 1 saturated heterocycles. The molecule has 0 atom stereocenters. The average molecular weight is 492 g/mol. The van der Waals surface area contributed by atoms with Crippen molar-refractivity contribution in [2.45, 2.75) is 72.0 Å². The van der Waals surface area contributed by atoms with E-state index in [1.54, 1.807) is 0 Å². The second-order valence-electron chi connectivity index (χ2n) is 9.64. The maximum Gasteiger partial charge on any atom is 0.416 e. The molecule has 1 N–H and O–H groups in total. The Morgan fingerprint density at radius 3 is 2.33 bits per heavy atom. The van der Waals surface area contributed by atoms with E-state index in [9.17, 15) is 26.4 Å². The third-order valence-corrected chi connectivity index (χ3v) is 7.27. The maximum atomic E-state index is 13.0. The molecule has 10 heteroatoms. The summed E-state index contributed by atoms with van der Waals surface area (Å²) in [4.78, 5) is 14.8. The highest BCUT2D eigenvalue weighted by atomic mass is 32.2. The fraction of sp³-hybridized carbons (Fsp3) is 0.696. The summed E-state index contributed by atoms with van der Waals surface area (Å²) in [6.07, 6.45) is 2.83. The molecule has 6 nitrogen and oxygen atoms in total. The summed E-state index contributed by atoms with van der Waals surface area (Å²) in [7, 11) is -3.21. The van der Waals surface area contributed by atoms with Gasteiger partial charge in [0.1, 0.15) is 0 Å². The van der Waals surface area contributed by atoms with Crippen molar-refractivity contribution in [3.8, 4) is 0 Å². The van der Waals surface area contributed by atoms with Gasteiger partial charge in [-0.15, -0.1) is 0 Å². The summed E-state index contributed by atoms with van der Waals surface area (Å²) in [5, 5.41) is 2.63. The van der Waals surface area contributed by atoms with Gasteiger partial charge in [-0.05, 0) is 38.7 Å². The molecule has 0 aromatic rings. The molecule has 1 fully saturated rings. The van der Waals surface area contributed by atoms with Gasteiger partial charge < -0.3 is 10.2 Å². The molecule has 2 aliphatic rings. The van der Waals surface area contributed by atoms with Crippen LogP contribution >= 0.6 is 0 Å². The quantitative estimate of drug-likeness (QED) is 0.575. The molecule has 1 aliphatic heterocycles. The van der Waals surface area contributed by atoms with Crippen molar-refractivity contribution in [1.82, 2.24) is 14.5 Å². The Morgan fingerprint density at radius 2 is 1.85 bits per heavy atom. The van der Waals surface area contributed by atoms with Crippen LogP contribution in [-0.4, -0.2) is 61.6 Å². The van der Waals surface area contributed by atoms with E-state index in [1.807, 2.05) is 13.0 Å². The Kier molecular flexibility index (Phi) is 8.84. The Hall–Kier alpha value is -1.81. The third kappa shape index (κ3) is 7.88. The largest absolute Gasteiger partial charge is 0.416 e. The molecule has 1 heterocycles. The van der Waals surface area contributed by atoms with Crippen LogP contribution in [0.5, 0.6) is 0 Å². The highest BCUT2D eigenvalue weighted by molar-refractivity contribution is 7.88. The first kappa shape index (κ1) is 27.4. The number of carbonyl (C=O) groups excluding carboxylic acids is 1. The number of nitrogens with zero attached hydrogens (tertiary/aromatic N) is 2. The number of alkyl halides is 3. The number of piperidine rings is 1. The second kappa shape index (κ2) is 10.6. The van der Waals surface area contributed by atoms with Gasteiger partial charge in [0.25, 0.3) is 0 Å². The summed E-state index contributed by atoms with van der Waals surface area (Å²) < 4.78 is 64.0. The molecule has 0 aromatic heterocycles. The van der Waals surface area contributed by atoms with Crippen molar-refractivity contribution >= 4 is 15.9 Å². The monoisotopic (exact) mass is 491 g/mol. The number of amides is 1. The van der Waals surface area contributed by atoms with E-state index in [-0.39, 0.29) is 35.9 Å². The Bertz CT molecular complexity index is 907. The van der Waals surface area contributed by atoms with Crippen molar-refractivity contribution < 1.29 is 26.4 Å². The first-order chi connectivity index (χ1) is 15.1. The zero-order chi connectivity index (χ0) is 25.0.